The quantitative estimate of drug-likeness (QED) is 0.874. The van der Waals surface area contributed by atoms with Gasteiger partial charge in [-0.2, -0.15) is 18.3 Å². The topological polar surface area (TPSA) is 67.7 Å². The molecule has 0 atom stereocenters. The summed E-state index contributed by atoms with van der Waals surface area (Å²) in [7, 11) is 0. The summed E-state index contributed by atoms with van der Waals surface area (Å²) in [6, 6.07) is 1.97. The number of alkyl halides is 3. The zero-order valence-corrected chi connectivity index (χ0v) is 14.4. The van der Waals surface area contributed by atoms with Gasteiger partial charge in [-0.15, -0.1) is 0 Å². The van der Waals surface area contributed by atoms with Crippen LogP contribution in [0.15, 0.2) is 6.07 Å². The highest BCUT2D eigenvalue weighted by molar-refractivity contribution is 5.38. The predicted octanol–water partition coefficient (Wildman–Crippen LogP) is 2.68. The van der Waals surface area contributed by atoms with E-state index in [0.29, 0.717) is 25.1 Å². The Bertz CT molecular complexity index is 775. The van der Waals surface area contributed by atoms with Gasteiger partial charge in [0.05, 0.1) is 17.9 Å². The predicted molar refractivity (Wildman–Crippen MR) is 89.6 cm³/mol. The molecule has 0 spiro atoms. The highest BCUT2D eigenvalue weighted by atomic mass is 19.4. The molecule has 4 rings (SSSR count). The van der Waals surface area contributed by atoms with E-state index in [1.165, 1.54) is 0 Å². The fourth-order valence-corrected chi connectivity index (χ4v) is 3.58. The third-order valence-electron chi connectivity index (χ3n) is 4.82. The Balaban J connectivity index is 1.55. The SMILES string of the molecule is FC(F)(F)c1nc(NCc2cc3n(n2)CCCNC3)nc2c1CCCC2. The van der Waals surface area contributed by atoms with Crippen molar-refractivity contribution in [2.75, 3.05) is 11.9 Å². The molecule has 6 nitrogen and oxygen atoms in total. The van der Waals surface area contributed by atoms with E-state index in [-0.39, 0.29) is 11.5 Å². The van der Waals surface area contributed by atoms with Crippen molar-refractivity contribution in [1.29, 1.82) is 0 Å². The highest BCUT2D eigenvalue weighted by Crippen LogP contribution is 2.35. The molecule has 0 amide bonds. The molecule has 2 aromatic heterocycles. The van der Waals surface area contributed by atoms with E-state index in [1.807, 2.05) is 10.7 Å². The molecule has 140 valence electrons. The zero-order chi connectivity index (χ0) is 18.1. The minimum absolute atomic E-state index is 0.0271. The van der Waals surface area contributed by atoms with Gasteiger partial charge in [0.25, 0.3) is 0 Å². The summed E-state index contributed by atoms with van der Waals surface area (Å²) in [5, 5.41) is 10.8. The summed E-state index contributed by atoms with van der Waals surface area (Å²) in [5.74, 6) is 0.0271. The lowest BCUT2D eigenvalue weighted by molar-refractivity contribution is -0.142. The molecule has 2 aliphatic rings. The lowest BCUT2D eigenvalue weighted by Crippen LogP contribution is -2.20. The standard InChI is InChI=1S/C17H21F3N6/c18-17(19,20)15-13-4-1-2-5-14(13)23-16(24-15)22-9-11-8-12-10-21-6-3-7-26(12)25-11/h8,21H,1-7,9-10H2,(H,22,23,24). The van der Waals surface area contributed by atoms with Crippen LogP contribution in [0.25, 0.3) is 0 Å². The maximum Gasteiger partial charge on any atom is 0.433 e. The van der Waals surface area contributed by atoms with Crippen LogP contribution in [0, 0.1) is 0 Å². The number of aryl methyl sites for hydroxylation is 2. The molecule has 1 aliphatic heterocycles. The molecular formula is C17H21F3N6. The fraction of sp³-hybridized carbons (Fsp3) is 0.588. The molecule has 0 saturated carbocycles. The lowest BCUT2D eigenvalue weighted by atomic mass is 9.94. The van der Waals surface area contributed by atoms with Crippen LogP contribution in [-0.2, 0) is 38.7 Å². The van der Waals surface area contributed by atoms with Gasteiger partial charge in [-0.3, -0.25) is 4.68 Å². The summed E-state index contributed by atoms with van der Waals surface area (Å²) in [6.07, 6.45) is -0.879. The van der Waals surface area contributed by atoms with Crippen LogP contribution in [0.3, 0.4) is 0 Å². The molecule has 9 heteroatoms. The molecule has 0 bridgehead atoms. The first-order chi connectivity index (χ1) is 12.5. The first-order valence-corrected chi connectivity index (χ1v) is 8.98. The van der Waals surface area contributed by atoms with Crippen LogP contribution >= 0.6 is 0 Å². The van der Waals surface area contributed by atoms with Crippen molar-refractivity contribution in [3.05, 3.63) is 34.4 Å². The Kier molecular flexibility index (Phi) is 4.56. The number of fused-ring (bicyclic) bond motifs is 2. The molecule has 0 unspecified atom stereocenters. The van der Waals surface area contributed by atoms with Crippen LogP contribution in [0.4, 0.5) is 19.1 Å². The second-order valence-corrected chi connectivity index (χ2v) is 6.76. The molecule has 26 heavy (non-hydrogen) atoms. The summed E-state index contributed by atoms with van der Waals surface area (Å²) >= 11 is 0. The summed E-state index contributed by atoms with van der Waals surface area (Å²) in [5.41, 5.74) is 1.84. The molecule has 2 N–H and O–H groups in total. The van der Waals surface area contributed by atoms with E-state index < -0.39 is 11.9 Å². The average Bonchev–Trinajstić information content (AvgIpc) is 2.87. The summed E-state index contributed by atoms with van der Waals surface area (Å²) in [6.45, 7) is 2.85. The minimum atomic E-state index is -4.46. The van der Waals surface area contributed by atoms with Gasteiger partial charge in [-0.05, 0) is 44.7 Å². The van der Waals surface area contributed by atoms with E-state index in [9.17, 15) is 13.2 Å². The molecule has 2 aromatic rings. The molecular weight excluding hydrogens is 345 g/mol. The van der Waals surface area contributed by atoms with Gasteiger partial charge >= 0.3 is 6.18 Å². The van der Waals surface area contributed by atoms with Crippen LogP contribution in [-0.4, -0.2) is 26.3 Å². The Morgan fingerprint density at radius 1 is 1.15 bits per heavy atom. The van der Waals surface area contributed by atoms with Crippen molar-refractivity contribution in [2.45, 2.75) is 57.9 Å². The molecule has 0 fully saturated rings. The van der Waals surface area contributed by atoms with Crippen LogP contribution in [0.1, 0.15) is 47.6 Å². The third-order valence-corrected chi connectivity index (χ3v) is 4.82. The smallest absolute Gasteiger partial charge is 0.348 e. The second kappa shape index (κ2) is 6.86. The Morgan fingerprint density at radius 3 is 2.85 bits per heavy atom. The largest absolute Gasteiger partial charge is 0.433 e. The average molecular weight is 366 g/mol. The van der Waals surface area contributed by atoms with Crippen LogP contribution in [0.5, 0.6) is 0 Å². The lowest BCUT2D eigenvalue weighted by Gasteiger charge is -2.20. The van der Waals surface area contributed by atoms with Crippen molar-refractivity contribution < 1.29 is 13.2 Å². The molecule has 0 saturated heterocycles. The van der Waals surface area contributed by atoms with Gasteiger partial charge in [0.15, 0.2) is 5.69 Å². The van der Waals surface area contributed by atoms with E-state index in [2.05, 4.69) is 25.7 Å². The van der Waals surface area contributed by atoms with Crippen molar-refractivity contribution in [2.24, 2.45) is 0 Å². The van der Waals surface area contributed by atoms with Crippen LogP contribution in [0.2, 0.25) is 0 Å². The van der Waals surface area contributed by atoms with Gasteiger partial charge in [-0.25, -0.2) is 9.97 Å². The number of aromatic nitrogens is 4. The number of nitrogens with one attached hydrogen (secondary N) is 2. The number of halogens is 3. The molecule has 1 aliphatic carbocycles. The normalized spacial score (nSPS) is 17.3. The second-order valence-electron chi connectivity index (χ2n) is 6.76. The van der Waals surface area contributed by atoms with Crippen molar-refractivity contribution in [3.63, 3.8) is 0 Å². The molecule has 0 radical (unpaired) electrons. The van der Waals surface area contributed by atoms with Gasteiger partial charge in [0.2, 0.25) is 5.95 Å². The highest BCUT2D eigenvalue weighted by Gasteiger charge is 2.38. The molecule has 0 aromatic carbocycles. The monoisotopic (exact) mass is 366 g/mol. The number of rotatable bonds is 3. The van der Waals surface area contributed by atoms with Crippen molar-refractivity contribution >= 4 is 5.95 Å². The van der Waals surface area contributed by atoms with Crippen LogP contribution < -0.4 is 10.6 Å². The van der Waals surface area contributed by atoms with Crippen molar-refractivity contribution in [3.8, 4) is 0 Å². The third kappa shape index (κ3) is 3.53. The minimum Gasteiger partial charge on any atom is -0.348 e. The Labute approximate surface area is 149 Å². The van der Waals surface area contributed by atoms with Gasteiger partial charge in [0, 0.05) is 24.3 Å². The number of anilines is 1. The number of hydrogen-bond acceptors (Lipinski definition) is 5. The van der Waals surface area contributed by atoms with E-state index in [1.54, 1.807) is 0 Å². The summed E-state index contributed by atoms with van der Waals surface area (Å²) in [4.78, 5) is 8.11. The summed E-state index contributed by atoms with van der Waals surface area (Å²) < 4.78 is 42.1. The first kappa shape index (κ1) is 17.3. The maximum absolute atomic E-state index is 13.4. The van der Waals surface area contributed by atoms with Gasteiger partial charge in [0.1, 0.15) is 0 Å². The number of hydrogen-bond donors (Lipinski definition) is 2. The molecule has 3 heterocycles. The van der Waals surface area contributed by atoms with E-state index >= 15 is 0 Å². The zero-order valence-electron chi connectivity index (χ0n) is 14.4. The van der Waals surface area contributed by atoms with Crippen molar-refractivity contribution in [1.82, 2.24) is 25.1 Å². The van der Waals surface area contributed by atoms with Gasteiger partial charge in [-0.1, -0.05) is 0 Å². The first-order valence-electron chi connectivity index (χ1n) is 8.98. The van der Waals surface area contributed by atoms with E-state index in [0.717, 1.165) is 50.3 Å². The Morgan fingerprint density at radius 2 is 2.00 bits per heavy atom. The fourth-order valence-electron chi connectivity index (χ4n) is 3.58. The van der Waals surface area contributed by atoms with Gasteiger partial charge < -0.3 is 10.6 Å². The van der Waals surface area contributed by atoms with E-state index in [4.69, 9.17) is 0 Å². The number of nitrogens with zero attached hydrogens (tertiary/aromatic N) is 4. The Hall–Kier alpha value is -2.16. The maximum atomic E-state index is 13.4.